The summed E-state index contributed by atoms with van der Waals surface area (Å²) in [7, 11) is 0. The average molecular weight is 513 g/mol. The molecule has 2 aromatic heterocycles. The van der Waals surface area contributed by atoms with Crippen molar-refractivity contribution in [1.29, 1.82) is 0 Å². The Morgan fingerprint density at radius 2 is 1.67 bits per heavy atom. The van der Waals surface area contributed by atoms with E-state index in [4.69, 9.17) is 16.0 Å². The van der Waals surface area contributed by atoms with Crippen molar-refractivity contribution in [2.75, 3.05) is 5.32 Å². The van der Waals surface area contributed by atoms with Crippen molar-refractivity contribution < 1.29 is 9.21 Å². The molecule has 2 N–H and O–H groups in total. The molecule has 0 aliphatic rings. The van der Waals surface area contributed by atoms with Crippen LogP contribution >= 0.6 is 22.9 Å². The minimum Gasteiger partial charge on any atom is -0.455 e. The highest BCUT2D eigenvalue weighted by Gasteiger charge is 2.09. The summed E-state index contributed by atoms with van der Waals surface area (Å²) < 4.78 is 5.75. The van der Waals surface area contributed by atoms with Crippen molar-refractivity contribution in [3.63, 3.8) is 0 Å². The summed E-state index contributed by atoms with van der Waals surface area (Å²) in [6, 6.07) is 26.4. The number of carbonyl (C=O) groups is 1. The number of amides is 1. The van der Waals surface area contributed by atoms with Crippen molar-refractivity contribution in [2.24, 2.45) is 5.10 Å². The number of hydrazone groups is 1. The molecule has 0 radical (unpaired) electrons. The number of carbonyl (C=O) groups excluding carboxylic acids is 1. The molecule has 0 bridgehead atoms. The van der Waals surface area contributed by atoms with Crippen LogP contribution in [0.2, 0.25) is 5.02 Å². The maximum absolute atomic E-state index is 12.5. The van der Waals surface area contributed by atoms with E-state index in [1.165, 1.54) is 23.1 Å². The molecule has 6 nitrogen and oxygen atoms in total. The zero-order chi connectivity index (χ0) is 24.9. The molecule has 2 heterocycles. The summed E-state index contributed by atoms with van der Waals surface area (Å²) in [6.45, 7) is 2.05. The number of nitrogens with zero attached hydrogens (tertiary/aromatic N) is 2. The summed E-state index contributed by atoms with van der Waals surface area (Å²) in [5, 5.41) is 10.8. The number of hydrogen-bond donors (Lipinski definition) is 2. The standard InChI is InChI=1S/C28H21ClN4O2S/c1-18-2-12-23(13-3-18)31-28-32-25(17-36-28)19-4-6-21(7-5-19)27(34)33-30-16-24-14-15-26(35-24)20-8-10-22(29)11-9-20/h2-17H,1H3,(H,31,32)(H,33,34)/b30-16-. The van der Waals surface area contributed by atoms with Crippen LogP contribution in [0.3, 0.4) is 0 Å². The zero-order valence-electron chi connectivity index (χ0n) is 19.2. The third-order valence-corrected chi connectivity index (χ3v) is 6.37. The van der Waals surface area contributed by atoms with Crippen molar-refractivity contribution in [1.82, 2.24) is 10.4 Å². The molecule has 5 aromatic rings. The lowest BCUT2D eigenvalue weighted by Gasteiger charge is -2.03. The van der Waals surface area contributed by atoms with E-state index in [-0.39, 0.29) is 5.91 Å². The molecule has 178 valence electrons. The Hall–Kier alpha value is -4.20. The molecule has 1 amide bonds. The largest absolute Gasteiger partial charge is 0.455 e. The fraction of sp³-hybridized carbons (Fsp3) is 0.0357. The minimum absolute atomic E-state index is 0.317. The Bertz CT molecular complexity index is 1500. The summed E-state index contributed by atoms with van der Waals surface area (Å²) in [6.07, 6.45) is 1.46. The minimum atomic E-state index is -0.317. The third-order valence-electron chi connectivity index (χ3n) is 5.36. The van der Waals surface area contributed by atoms with Crippen LogP contribution in [-0.4, -0.2) is 17.1 Å². The van der Waals surface area contributed by atoms with Gasteiger partial charge in [-0.2, -0.15) is 5.10 Å². The zero-order valence-corrected chi connectivity index (χ0v) is 20.8. The van der Waals surface area contributed by atoms with Crippen LogP contribution in [0.1, 0.15) is 21.7 Å². The molecule has 0 unspecified atom stereocenters. The summed E-state index contributed by atoms with van der Waals surface area (Å²) in [4.78, 5) is 17.1. The summed E-state index contributed by atoms with van der Waals surface area (Å²) in [5.41, 5.74) is 7.89. The lowest BCUT2D eigenvalue weighted by molar-refractivity contribution is 0.0955. The van der Waals surface area contributed by atoms with Crippen LogP contribution in [0.4, 0.5) is 10.8 Å². The van der Waals surface area contributed by atoms with E-state index >= 15 is 0 Å². The molecule has 0 aliphatic carbocycles. The van der Waals surface area contributed by atoms with E-state index in [1.807, 2.05) is 47.8 Å². The number of hydrogen-bond acceptors (Lipinski definition) is 6. The van der Waals surface area contributed by atoms with Crippen LogP contribution in [0.25, 0.3) is 22.6 Å². The second-order valence-electron chi connectivity index (χ2n) is 8.01. The normalized spacial score (nSPS) is 11.1. The Balaban J connectivity index is 1.18. The molecular weight excluding hydrogens is 492 g/mol. The second kappa shape index (κ2) is 10.6. The Kier molecular flexibility index (Phi) is 6.93. The molecule has 0 saturated heterocycles. The van der Waals surface area contributed by atoms with E-state index in [9.17, 15) is 4.79 Å². The van der Waals surface area contributed by atoms with Gasteiger partial charge in [0.05, 0.1) is 11.9 Å². The molecule has 36 heavy (non-hydrogen) atoms. The fourth-order valence-electron chi connectivity index (χ4n) is 3.43. The van der Waals surface area contributed by atoms with Gasteiger partial charge in [-0.05, 0) is 67.6 Å². The van der Waals surface area contributed by atoms with E-state index in [0.29, 0.717) is 22.1 Å². The first kappa shape index (κ1) is 23.5. The van der Waals surface area contributed by atoms with Crippen molar-refractivity contribution in [2.45, 2.75) is 6.92 Å². The van der Waals surface area contributed by atoms with Gasteiger partial charge in [0.1, 0.15) is 11.5 Å². The Morgan fingerprint density at radius 1 is 0.944 bits per heavy atom. The van der Waals surface area contributed by atoms with Gasteiger partial charge in [-0.25, -0.2) is 10.4 Å². The van der Waals surface area contributed by atoms with Gasteiger partial charge in [-0.3, -0.25) is 4.79 Å². The molecule has 0 saturated carbocycles. The van der Waals surface area contributed by atoms with Gasteiger partial charge in [-0.1, -0.05) is 41.4 Å². The van der Waals surface area contributed by atoms with Crippen LogP contribution in [0.15, 0.2) is 99.8 Å². The average Bonchev–Trinajstić information content (AvgIpc) is 3.56. The van der Waals surface area contributed by atoms with Gasteiger partial charge in [-0.15, -0.1) is 11.3 Å². The summed E-state index contributed by atoms with van der Waals surface area (Å²) in [5.74, 6) is 0.894. The SMILES string of the molecule is Cc1ccc(Nc2nc(-c3ccc(C(=O)N/N=C\c4ccc(-c5ccc(Cl)cc5)o4)cc3)cs2)cc1. The highest BCUT2D eigenvalue weighted by molar-refractivity contribution is 7.14. The van der Waals surface area contributed by atoms with E-state index in [2.05, 4.69) is 39.9 Å². The maximum atomic E-state index is 12.5. The van der Waals surface area contributed by atoms with Gasteiger partial charge in [0.2, 0.25) is 0 Å². The topological polar surface area (TPSA) is 79.5 Å². The highest BCUT2D eigenvalue weighted by Crippen LogP contribution is 2.27. The molecule has 8 heteroatoms. The van der Waals surface area contributed by atoms with Crippen molar-refractivity contribution in [3.8, 4) is 22.6 Å². The van der Waals surface area contributed by atoms with Gasteiger partial charge in [0, 0.05) is 32.8 Å². The number of aromatic nitrogens is 1. The lowest BCUT2D eigenvalue weighted by Crippen LogP contribution is -2.17. The first-order valence-electron chi connectivity index (χ1n) is 11.1. The number of furan rings is 1. The second-order valence-corrected chi connectivity index (χ2v) is 9.31. The van der Waals surface area contributed by atoms with Crippen molar-refractivity contribution in [3.05, 3.63) is 112 Å². The number of anilines is 2. The molecule has 0 aliphatic heterocycles. The Labute approximate surface area is 217 Å². The predicted molar refractivity (Wildman–Crippen MR) is 146 cm³/mol. The molecule has 3 aromatic carbocycles. The molecular formula is C28H21ClN4O2S. The van der Waals surface area contributed by atoms with Gasteiger partial charge < -0.3 is 9.73 Å². The number of rotatable bonds is 7. The van der Waals surface area contributed by atoms with Crippen LogP contribution < -0.4 is 10.7 Å². The van der Waals surface area contributed by atoms with Gasteiger partial charge >= 0.3 is 0 Å². The summed E-state index contributed by atoms with van der Waals surface area (Å²) >= 11 is 7.46. The third kappa shape index (κ3) is 5.71. The quantitative estimate of drug-likeness (QED) is 0.174. The lowest BCUT2D eigenvalue weighted by atomic mass is 10.1. The number of halogens is 1. The van der Waals surface area contributed by atoms with E-state index in [0.717, 1.165) is 27.6 Å². The van der Waals surface area contributed by atoms with Crippen molar-refractivity contribution >= 4 is 45.9 Å². The van der Waals surface area contributed by atoms with Crippen LogP contribution in [0.5, 0.6) is 0 Å². The van der Waals surface area contributed by atoms with E-state index < -0.39 is 0 Å². The van der Waals surface area contributed by atoms with Gasteiger partial charge in [0.15, 0.2) is 5.13 Å². The smallest absolute Gasteiger partial charge is 0.271 e. The maximum Gasteiger partial charge on any atom is 0.271 e. The predicted octanol–water partition coefficient (Wildman–Crippen LogP) is 7.54. The molecule has 0 spiro atoms. The van der Waals surface area contributed by atoms with E-state index in [1.54, 1.807) is 30.3 Å². The highest BCUT2D eigenvalue weighted by atomic mass is 35.5. The monoisotopic (exact) mass is 512 g/mol. The molecule has 0 atom stereocenters. The number of aryl methyl sites for hydroxylation is 1. The number of benzene rings is 3. The first-order valence-corrected chi connectivity index (χ1v) is 12.4. The Morgan fingerprint density at radius 3 is 2.42 bits per heavy atom. The molecule has 5 rings (SSSR count). The van der Waals surface area contributed by atoms with Crippen LogP contribution in [0, 0.1) is 6.92 Å². The van der Waals surface area contributed by atoms with Crippen LogP contribution in [-0.2, 0) is 0 Å². The fourth-order valence-corrected chi connectivity index (χ4v) is 4.29. The molecule has 0 fully saturated rings. The van der Waals surface area contributed by atoms with Gasteiger partial charge in [0.25, 0.3) is 5.91 Å². The number of thiazole rings is 1. The number of nitrogens with one attached hydrogen (secondary N) is 2. The first-order chi connectivity index (χ1) is 17.5.